The monoisotopic (exact) mass is 196 g/mol. The van der Waals surface area contributed by atoms with Gasteiger partial charge in [-0.25, -0.2) is 0 Å². The molecule has 0 spiro atoms. The molecule has 0 bridgehead atoms. The Morgan fingerprint density at radius 2 is 2.23 bits per heavy atom. The fraction of sp³-hybridized carbons (Fsp3) is 0.636. The Kier molecular flexibility index (Phi) is 2.18. The first-order valence-electron chi connectivity index (χ1n) is 4.76. The van der Waals surface area contributed by atoms with Gasteiger partial charge in [0.05, 0.1) is 5.25 Å². The molecule has 1 aliphatic carbocycles. The Morgan fingerprint density at radius 1 is 1.46 bits per heavy atom. The van der Waals surface area contributed by atoms with Crippen molar-refractivity contribution < 1.29 is 4.74 Å². The summed E-state index contributed by atoms with van der Waals surface area (Å²) >= 11 is 1.96. The Bertz CT molecular complexity index is 260. The van der Waals surface area contributed by atoms with Crippen molar-refractivity contribution in [3.8, 4) is 0 Å². The van der Waals surface area contributed by atoms with Crippen LogP contribution in [0.25, 0.3) is 0 Å². The van der Waals surface area contributed by atoms with Gasteiger partial charge in [-0.2, -0.15) is 0 Å². The minimum Gasteiger partial charge on any atom is -0.482 e. The molecule has 2 unspecified atom stereocenters. The molecular formula is C11H16OS. The minimum absolute atomic E-state index is 0.239. The van der Waals surface area contributed by atoms with Crippen molar-refractivity contribution in [2.45, 2.75) is 37.9 Å². The minimum atomic E-state index is 0.239. The molecule has 72 valence electrons. The molecule has 2 atom stereocenters. The highest BCUT2D eigenvalue weighted by molar-refractivity contribution is 8.00. The number of allylic oxidation sites excluding steroid dienone is 3. The Balaban J connectivity index is 2.11. The van der Waals surface area contributed by atoms with Crippen LogP contribution in [0.1, 0.15) is 27.2 Å². The van der Waals surface area contributed by atoms with E-state index in [1.165, 1.54) is 5.76 Å². The lowest BCUT2D eigenvalue weighted by Gasteiger charge is -2.24. The SMILES string of the molecule is CC(C)(C)C1OC2=CC=CCC2S1. The fourth-order valence-corrected chi connectivity index (χ4v) is 2.87. The van der Waals surface area contributed by atoms with Gasteiger partial charge in [-0.1, -0.05) is 32.9 Å². The molecule has 0 aromatic carbocycles. The normalized spacial score (nSPS) is 32.4. The molecular weight excluding hydrogens is 180 g/mol. The second kappa shape index (κ2) is 3.09. The predicted octanol–water partition coefficient (Wildman–Crippen LogP) is 3.33. The summed E-state index contributed by atoms with van der Waals surface area (Å²) in [7, 11) is 0. The van der Waals surface area contributed by atoms with Gasteiger partial charge in [0.2, 0.25) is 0 Å². The van der Waals surface area contributed by atoms with Gasteiger partial charge in [0.1, 0.15) is 11.2 Å². The van der Waals surface area contributed by atoms with Crippen molar-refractivity contribution in [1.82, 2.24) is 0 Å². The van der Waals surface area contributed by atoms with E-state index >= 15 is 0 Å². The average molecular weight is 196 g/mol. The summed E-state index contributed by atoms with van der Waals surface area (Å²) in [6, 6.07) is 0. The Morgan fingerprint density at radius 3 is 2.85 bits per heavy atom. The maximum absolute atomic E-state index is 5.90. The summed E-state index contributed by atoms with van der Waals surface area (Å²) in [6.07, 6.45) is 7.54. The van der Waals surface area contributed by atoms with E-state index in [-0.39, 0.29) is 5.41 Å². The van der Waals surface area contributed by atoms with Gasteiger partial charge in [-0.3, -0.25) is 0 Å². The highest BCUT2D eigenvalue weighted by atomic mass is 32.2. The van der Waals surface area contributed by atoms with Crippen molar-refractivity contribution in [3.63, 3.8) is 0 Å². The topological polar surface area (TPSA) is 9.23 Å². The highest BCUT2D eigenvalue weighted by Crippen LogP contribution is 2.46. The van der Waals surface area contributed by atoms with Gasteiger partial charge < -0.3 is 4.74 Å². The molecule has 1 heterocycles. The van der Waals surface area contributed by atoms with E-state index in [9.17, 15) is 0 Å². The molecule has 2 aliphatic rings. The summed E-state index contributed by atoms with van der Waals surface area (Å²) in [5, 5.41) is 0.578. The first-order valence-corrected chi connectivity index (χ1v) is 5.70. The summed E-state index contributed by atoms with van der Waals surface area (Å²) in [4.78, 5) is 0. The molecule has 1 saturated heterocycles. The van der Waals surface area contributed by atoms with Gasteiger partial charge in [0, 0.05) is 5.41 Å². The molecule has 0 radical (unpaired) electrons. The van der Waals surface area contributed by atoms with Crippen molar-refractivity contribution >= 4 is 11.8 Å². The zero-order valence-corrected chi connectivity index (χ0v) is 9.23. The van der Waals surface area contributed by atoms with Crippen molar-refractivity contribution in [2.75, 3.05) is 0 Å². The lowest BCUT2D eigenvalue weighted by Crippen LogP contribution is -2.22. The second-order valence-corrected chi connectivity index (χ2v) is 5.94. The van der Waals surface area contributed by atoms with E-state index in [0.717, 1.165) is 6.42 Å². The molecule has 0 amide bonds. The lowest BCUT2D eigenvalue weighted by molar-refractivity contribution is 0.107. The molecule has 0 saturated carbocycles. The molecule has 2 heteroatoms. The standard InChI is InChI=1S/C11H16OS/c1-11(2,3)10-12-8-6-4-5-7-9(8)13-10/h4-6,9-10H,7H2,1-3H3. The Hall–Kier alpha value is -0.370. The van der Waals surface area contributed by atoms with Gasteiger partial charge in [0.15, 0.2) is 0 Å². The van der Waals surface area contributed by atoms with Crippen LogP contribution < -0.4 is 0 Å². The fourth-order valence-electron chi connectivity index (χ4n) is 1.51. The van der Waals surface area contributed by atoms with Crippen LogP contribution in [0.4, 0.5) is 0 Å². The van der Waals surface area contributed by atoms with Gasteiger partial charge in [-0.05, 0) is 12.5 Å². The maximum Gasteiger partial charge on any atom is 0.149 e. The first kappa shape index (κ1) is 9.20. The number of hydrogen-bond acceptors (Lipinski definition) is 2. The van der Waals surface area contributed by atoms with Gasteiger partial charge >= 0.3 is 0 Å². The molecule has 0 aromatic heterocycles. The van der Waals surface area contributed by atoms with Crippen LogP contribution in [-0.4, -0.2) is 10.7 Å². The summed E-state index contributed by atoms with van der Waals surface area (Å²) < 4.78 is 5.90. The second-order valence-electron chi connectivity index (χ2n) is 4.67. The average Bonchev–Trinajstić information content (AvgIpc) is 2.45. The van der Waals surface area contributed by atoms with E-state index in [2.05, 4.69) is 39.0 Å². The maximum atomic E-state index is 5.90. The quantitative estimate of drug-likeness (QED) is 0.587. The lowest BCUT2D eigenvalue weighted by atomic mass is 9.98. The zero-order chi connectivity index (χ0) is 9.47. The van der Waals surface area contributed by atoms with Gasteiger partial charge in [-0.15, -0.1) is 11.8 Å². The summed E-state index contributed by atoms with van der Waals surface area (Å²) in [5.74, 6) is 1.17. The van der Waals surface area contributed by atoms with Gasteiger partial charge in [0.25, 0.3) is 0 Å². The zero-order valence-electron chi connectivity index (χ0n) is 8.41. The van der Waals surface area contributed by atoms with E-state index in [1.807, 2.05) is 11.8 Å². The number of thioether (sulfide) groups is 1. The smallest absolute Gasteiger partial charge is 0.149 e. The molecule has 13 heavy (non-hydrogen) atoms. The van der Waals surface area contributed by atoms with Crippen molar-refractivity contribution in [1.29, 1.82) is 0 Å². The van der Waals surface area contributed by atoms with Crippen LogP contribution in [0.2, 0.25) is 0 Å². The van der Waals surface area contributed by atoms with E-state index in [1.54, 1.807) is 0 Å². The molecule has 0 aromatic rings. The molecule has 1 aliphatic heterocycles. The van der Waals surface area contributed by atoms with Crippen LogP contribution in [0, 0.1) is 5.41 Å². The third-order valence-corrected chi connectivity index (χ3v) is 4.11. The number of hydrogen-bond donors (Lipinski definition) is 0. The number of rotatable bonds is 0. The summed E-state index contributed by atoms with van der Waals surface area (Å²) in [6.45, 7) is 6.70. The largest absolute Gasteiger partial charge is 0.482 e. The van der Waals surface area contributed by atoms with Crippen LogP contribution >= 0.6 is 11.8 Å². The summed E-state index contributed by atoms with van der Waals surface area (Å²) in [5.41, 5.74) is 0.562. The molecule has 1 nitrogen and oxygen atoms in total. The van der Waals surface area contributed by atoms with E-state index in [4.69, 9.17) is 4.74 Å². The first-order chi connectivity index (χ1) is 6.07. The van der Waals surface area contributed by atoms with Crippen LogP contribution in [0.5, 0.6) is 0 Å². The van der Waals surface area contributed by atoms with E-state index < -0.39 is 0 Å². The van der Waals surface area contributed by atoms with Crippen molar-refractivity contribution in [3.05, 3.63) is 24.0 Å². The third-order valence-electron chi connectivity index (χ3n) is 2.30. The highest BCUT2D eigenvalue weighted by Gasteiger charge is 2.38. The predicted molar refractivity (Wildman–Crippen MR) is 57.5 cm³/mol. The number of fused-ring (bicyclic) bond motifs is 1. The molecule has 0 N–H and O–H groups in total. The van der Waals surface area contributed by atoms with E-state index in [0.29, 0.717) is 10.7 Å². The Labute approximate surface area is 84.2 Å². The van der Waals surface area contributed by atoms with Crippen molar-refractivity contribution in [2.24, 2.45) is 5.41 Å². The number of ether oxygens (including phenoxy) is 1. The van der Waals surface area contributed by atoms with Crippen LogP contribution in [-0.2, 0) is 4.74 Å². The molecule has 2 rings (SSSR count). The third kappa shape index (κ3) is 1.78. The molecule has 1 fully saturated rings. The van der Waals surface area contributed by atoms with Crippen LogP contribution in [0.15, 0.2) is 24.0 Å². The van der Waals surface area contributed by atoms with Crippen LogP contribution in [0.3, 0.4) is 0 Å².